The second-order valence-electron chi connectivity index (χ2n) is 4.35. The van der Waals surface area contributed by atoms with Crippen LogP contribution in [0.1, 0.15) is 11.3 Å². The van der Waals surface area contributed by atoms with Crippen molar-refractivity contribution in [3.05, 3.63) is 47.9 Å². The highest BCUT2D eigenvalue weighted by Crippen LogP contribution is 2.25. The number of carboxylic acid groups (broad SMARTS) is 1. The van der Waals surface area contributed by atoms with Crippen LogP contribution in [0.4, 0.5) is 0 Å². The lowest BCUT2D eigenvalue weighted by molar-refractivity contribution is -0.136. The fourth-order valence-corrected chi connectivity index (χ4v) is 2.32. The van der Waals surface area contributed by atoms with Crippen LogP contribution in [0.5, 0.6) is 0 Å². The molecule has 2 heterocycles. The van der Waals surface area contributed by atoms with Crippen molar-refractivity contribution in [3.8, 4) is 0 Å². The van der Waals surface area contributed by atoms with Crippen LogP contribution < -0.4 is 0 Å². The summed E-state index contributed by atoms with van der Waals surface area (Å²) >= 11 is 0. The predicted molar refractivity (Wildman–Crippen MR) is 68.8 cm³/mol. The molecule has 0 bridgehead atoms. The Morgan fingerprint density at radius 3 is 2.89 bits per heavy atom. The van der Waals surface area contributed by atoms with Gasteiger partial charge < -0.3 is 9.51 Å². The molecule has 4 heteroatoms. The number of carbonyl (C=O) groups is 1. The standard InChI is InChI=1S/C14H12N2O2/c1-9-11-4-2-3-5-12(11)16-8-10(6-14(17)18)15-7-13(9)16/h2-5,7-8H,6H2,1H3,(H,17,18). The molecule has 3 rings (SSSR count). The number of hydrogen-bond acceptors (Lipinski definition) is 2. The smallest absolute Gasteiger partial charge is 0.309 e. The Hall–Kier alpha value is -2.36. The maximum Gasteiger partial charge on any atom is 0.309 e. The van der Waals surface area contributed by atoms with Gasteiger partial charge in [0.05, 0.1) is 29.3 Å². The average Bonchev–Trinajstić information content (AvgIpc) is 2.63. The lowest BCUT2D eigenvalue weighted by atomic mass is 10.2. The van der Waals surface area contributed by atoms with E-state index in [0.717, 1.165) is 11.0 Å². The molecule has 0 saturated carbocycles. The van der Waals surface area contributed by atoms with Gasteiger partial charge in [-0.3, -0.25) is 9.78 Å². The highest BCUT2D eigenvalue weighted by Gasteiger charge is 2.09. The van der Waals surface area contributed by atoms with Crippen molar-refractivity contribution in [2.45, 2.75) is 13.3 Å². The first-order valence-electron chi connectivity index (χ1n) is 5.73. The SMILES string of the molecule is Cc1c2ccccc2n2cc(CC(=O)O)ncc12. The molecule has 0 amide bonds. The van der Waals surface area contributed by atoms with Gasteiger partial charge in [0.2, 0.25) is 0 Å². The van der Waals surface area contributed by atoms with Crippen molar-refractivity contribution in [1.82, 2.24) is 9.38 Å². The van der Waals surface area contributed by atoms with Gasteiger partial charge in [-0.25, -0.2) is 0 Å². The monoisotopic (exact) mass is 240 g/mol. The van der Waals surface area contributed by atoms with Crippen molar-refractivity contribution < 1.29 is 9.90 Å². The Kier molecular flexibility index (Phi) is 2.30. The first-order valence-corrected chi connectivity index (χ1v) is 5.73. The van der Waals surface area contributed by atoms with E-state index < -0.39 is 5.97 Å². The molecule has 0 fully saturated rings. The van der Waals surface area contributed by atoms with Crippen molar-refractivity contribution in [2.75, 3.05) is 0 Å². The molecule has 4 nitrogen and oxygen atoms in total. The third kappa shape index (κ3) is 1.54. The van der Waals surface area contributed by atoms with E-state index in [1.165, 1.54) is 10.9 Å². The highest BCUT2D eigenvalue weighted by atomic mass is 16.4. The molecule has 3 aromatic rings. The minimum absolute atomic E-state index is 0.0541. The summed E-state index contributed by atoms with van der Waals surface area (Å²) in [4.78, 5) is 14.9. The van der Waals surface area contributed by atoms with Gasteiger partial charge in [0, 0.05) is 11.6 Å². The van der Waals surface area contributed by atoms with Crippen molar-refractivity contribution in [3.63, 3.8) is 0 Å². The van der Waals surface area contributed by atoms with Crippen molar-refractivity contribution in [1.29, 1.82) is 0 Å². The van der Waals surface area contributed by atoms with E-state index in [-0.39, 0.29) is 6.42 Å². The number of aliphatic carboxylic acids is 1. The number of benzene rings is 1. The molecule has 18 heavy (non-hydrogen) atoms. The molecule has 0 atom stereocenters. The largest absolute Gasteiger partial charge is 0.481 e. The van der Waals surface area contributed by atoms with Crippen LogP contribution in [-0.2, 0) is 11.2 Å². The molecule has 0 saturated heterocycles. The second-order valence-corrected chi connectivity index (χ2v) is 4.35. The number of aromatic nitrogens is 2. The average molecular weight is 240 g/mol. The van der Waals surface area contributed by atoms with Gasteiger partial charge in [-0.2, -0.15) is 0 Å². The maximum absolute atomic E-state index is 10.7. The molecule has 1 N–H and O–H groups in total. The first-order chi connectivity index (χ1) is 8.66. The van der Waals surface area contributed by atoms with Crippen LogP contribution in [0.25, 0.3) is 16.4 Å². The number of hydrogen-bond donors (Lipinski definition) is 1. The second kappa shape index (κ2) is 3.84. The van der Waals surface area contributed by atoms with E-state index in [0.29, 0.717) is 5.69 Å². The van der Waals surface area contributed by atoms with E-state index in [4.69, 9.17) is 5.11 Å². The van der Waals surface area contributed by atoms with E-state index in [1.54, 1.807) is 12.4 Å². The van der Waals surface area contributed by atoms with Gasteiger partial charge in [0.1, 0.15) is 0 Å². The fraction of sp³-hybridized carbons (Fsp3) is 0.143. The van der Waals surface area contributed by atoms with Gasteiger partial charge in [0.25, 0.3) is 0 Å². The van der Waals surface area contributed by atoms with Crippen molar-refractivity contribution >= 4 is 22.4 Å². The van der Waals surface area contributed by atoms with Gasteiger partial charge in [-0.05, 0) is 18.6 Å². The maximum atomic E-state index is 10.7. The van der Waals surface area contributed by atoms with Gasteiger partial charge in [-0.15, -0.1) is 0 Å². The quantitative estimate of drug-likeness (QED) is 0.748. The minimum atomic E-state index is -0.866. The van der Waals surface area contributed by atoms with Gasteiger partial charge >= 0.3 is 5.97 Å². The summed E-state index contributed by atoms with van der Waals surface area (Å²) in [6, 6.07) is 8.07. The Morgan fingerprint density at radius 1 is 1.33 bits per heavy atom. The topological polar surface area (TPSA) is 54.6 Å². The van der Waals surface area contributed by atoms with Gasteiger partial charge in [-0.1, -0.05) is 18.2 Å². The van der Waals surface area contributed by atoms with Crippen LogP contribution in [0, 0.1) is 6.92 Å². The van der Waals surface area contributed by atoms with E-state index in [9.17, 15) is 4.79 Å². The first kappa shape index (κ1) is 10.8. The molecule has 2 aromatic heterocycles. The van der Waals surface area contributed by atoms with E-state index in [1.807, 2.05) is 22.6 Å². The number of para-hydroxylation sites is 1. The molecule has 0 spiro atoms. The predicted octanol–water partition coefficient (Wildman–Crippen LogP) is 2.42. The molecule has 1 aromatic carbocycles. The number of rotatable bonds is 2. The third-order valence-electron chi connectivity index (χ3n) is 3.17. The van der Waals surface area contributed by atoms with Crippen molar-refractivity contribution in [2.24, 2.45) is 0 Å². The Morgan fingerprint density at radius 2 is 2.11 bits per heavy atom. The molecule has 0 radical (unpaired) electrons. The Balaban J connectivity index is 2.33. The summed E-state index contributed by atoms with van der Waals surface area (Å²) in [5.41, 5.74) is 3.83. The Bertz CT molecular complexity index is 759. The molecule has 0 aliphatic carbocycles. The molecular weight excluding hydrogens is 228 g/mol. The van der Waals surface area contributed by atoms with Crippen LogP contribution in [0.15, 0.2) is 36.7 Å². The Labute approximate surface area is 104 Å². The minimum Gasteiger partial charge on any atom is -0.481 e. The molecule has 90 valence electrons. The zero-order chi connectivity index (χ0) is 12.7. The van der Waals surface area contributed by atoms with Crippen LogP contribution >= 0.6 is 0 Å². The summed E-state index contributed by atoms with van der Waals surface area (Å²) in [6.07, 6.45) is 3.49. The molecular formula is C14H12N2O2. The van der Waals surface area contributed by atoms with E-state index in [2.05, 4.69) is 18.0 Å². The van der Waals surface area contributed by atoms with Crippen LogP contribution in [0.2, 0.25) is 0 Å². The highest BCUT2D eigenvalue weighted by molar-refractivity contribution is 5.91. The summed E-state index contributed by atoms with van der Waals surface area (Å²) in [6.45, 7) is 2.05. The fourth-order valence-electron chi connectivity index (χ4n) is 2.32. The van der Waals surface area contributed by atoms with E-state index >= 15 is 0 Å². The number of carboxylic acids is 1. The normalized spacial score (nSPS) is 11.2. The zero-order valence-electron chi connectivity index (χ0n) is 9.92. The molecule has 0 aliphatic heterocycles. The summed E-state index contributed by atoms with van der Waals surface area (Å²) in [5, 5.41) is 9.98. The molecule has 0 unspecified atom stereocenters. The summed E-state index contributed by atoms with van der Waals surface area (Å²) in [7, 11) is 0. The van der Waals surface area contributed by atoms with Crippen LogP contribution in [0.3, 0.4) is 0 Å². The molecule has 0 aliphatic rings. The summed E-state index contributed by atoms with van der Waals surface area (Å²) < 4.78 is 2.01. The number of aryl methyl sites for hydroxylation is 1. The van der Waals surface area contributed by atoms with Gasteiger partial charge in [0.15, 0.2) is 0 Å². The lowest BCUT2D eigenvalue weighted by Crippen LogP contribution is -2.03. The lowest BCUT2D eigenvalue weighted by Gasteiger charge is -2.00. The van der Waals surface area contributed by atoms with Crippen LogP contribution in [-0.4, -0.2) is 20.5 Å². The zero-order valence-corrected chi connectivity index (χ0v) is 9.92. The number of nitrogens with zero attached hydrogens (tertiary/aromatic N) is 2. The summed E-state index contributed by atoms with van der Waals surface area (Å²) in [5.74, 6) is -0.866. The number of fused-ring (bicyclic) bond motifs is 3. The third-order valence-corrected chi connectivity index (χ3v) is 3.17.